The number of hydrogen-bond acceptors (Lipinski definition) is 3. The molecule has 6 heteroatoms. The summed E-state index contributed by atoms with van der Waals surface area (Å²) in [6, 6.07) is 12.6. The van der Waals surface area contributed by atoms with E-state index in [0.717, 1.165) is 15.7 Å². The summed E-state index contributed by atoms with van der Waals surface area (Å²) in [5, 5.41) is 5.55. The fourth-order valence-electron chi connectivity index (χ4n) is 1.98. The van der Waals surface area contributed by atoms with Gasteiger partial charge in [0.05, 0.1) is 14.2 Å². The molecule has 0 aliphatic carbocycles. The summed E-state index contributed by atoms with van der Waals surface area (Å²) in [6.07, 6.45) is 0. The lowest BCUT2D eigenvalue weighted by molar-refractivity contribution is 0.251. The molecule has 0 radical (unpaired) electrons. The molecule has 0 heterocycles. The van der Waals surface area contributed by atoms with E-state index in [1.807, 2.05) is 42.5 Å². The summed E-state index contributed by atoms with van der Waals surface area (Å²) in [6.45, 7) is 0.336. The van der Waals surface area contributed by atoms with Crippen LogP contribution in [0.2, 0.25) is 0 Å². The standard InChI is InChI=1S/C16H17BrN2O3/c1-21-14-5-3-4-11(15(14)22-2)10-18-16(20)19-13-8-6-12(17)7-9-13/h3-9H,10H2,1-2H3,(H2,18,19,20). The first-order valence-corrected chi connectivity index (χ1v) is 7.43. The highest BCUT2D eigenvalue weighted by Gasteiger charge is 2.10. The van der Waals surface area contributed by atoms with Crippen LogP contribution in [-0.2, 0) is 6.54 Å². The third kappa shape index (κ3) is 4.14. The third-order valence-corrected chi connectivity index (χ3v) is 3.55. The molecule has 0 fully saturated rings. The van der Waals surface area contributed by atoms with Crippen LogP contribution in [-0.4, -0.2) is 20.3 Å². The van der Waals surface area contributed by atoms with Crippen molar-refractivity contribution in [2.75, 3.05) is 19.5 Å². The van der Waals surface area contributed by atoms with E-state index in [0.29, 0.717) is 18.0 Å². The molecule has 0 atom stereocenters. The topological polar surface area (TPSA) is 59.6 Å². The van der Waals surface area contributed by atoms with Crippen molar-refractivity contribution in [3.05, 3.63) is 52.5 Å². The van der Waals surface area contributed by atoms with Gasteiger partial charge in [-0.05, 0) is 30.3 Å². The number of nitrogens with one attached hydrogen (secondary N) is 2. The largest absolute Gasteiger partial charge is 0.493 e. The van der Waals surface area contributed by atoms with Gasteiger partial charge >= 0.3 is 6.03 Å². The third-order valence-electron chi connectivity index (χ3n) is 3.03. The zero-order chi connectivity index (χ0) is 15.9. The summed E-state index contributed by atoms with van der Waals surface area (Å²) in [5.74, 6) is 1.25. The summed E-state index contributed by atoms with van der Waals surface area (Å²) in [5.41, 5.74) is 1.56. The molecule has 2 rings (SSSR count). The fraction of sp³-hybridized carbons (Fsp3) is 0.188. The van der Waals surface area contributed by atoms with E-state index in [4.69, 9.17) is 9.47 Å². The monoisotopic (exact) mass is 364 g/mol. The van der Waals surface area contributed by atoms with E-state index in [9.17, 15) is 4.79 Å². The van der Waals surface area contributed by atoms with E-state index in [-0.39, 0.29) is 6.03 Å². The van der Waals surface area contributed by atoms with Crippen LogP contribution in [0.15, 0.2) is 46.9 Å². The zero-order valence-corrected chi connectivity index (χ0v) is 13.9. The SMILES string of the molecule is COc1cccc(CNC(=O)Nc2ccc(Br)cc2)c1OC. The zero-order valence-electron chi connectivity index (χ0n) is 12.4. The smallest absolute Gasteiger partial charge is 0.319 e. The highest BCUT2D eigenvalue weighted by Crippen LogP contribution is 2.30. The number of ether oxygens (including phenoxy) is 2. The highest BCUT2D eigenvalue weighted by atomic mass is 79.9. The Hall–Kier alpha value is -2.21. The Labute approximate surface area is 137 Å². The lowest BCUT2D eigenvalue weighted by atomic mass is 10.2. The number of amides is 2. The lowest BCUT2D eigenvalue weighted by Gasteiger charge is -2.13. The maximum atomic E-state index is 11.9. The van der Waals surface area contributed by atoms with E-state index >= 15 is 0 Å². The van der Waals surface area contributed by atoms with Crippen LogP contribution in [0.25, 0.3) is 0 Å². The summed E-state index contributed by atoms with van der Waals surface area (Å²) < 4.78 is 11.5. The number of methoxy groups -OCH3 is 2. The van der Waals surface area contributed by atoms with Gasteiger partial charge in [-0.25, -0.2) is 4.79 Å². The lowest BCUT2D eigenvalue weighted by Crippen LogP contribution is -2.28. The molecule has 0 bridgehead atoms. The molecule has 0 aliphatic heterocycles. The summed E-state index contributed by atoms with van der Waals surface area (Å²) >= 11 is 3.35. The number of halogens is 1. The van der Waals surface area contributed by atoms with Gasteiger partial charge < -0.3 is 20.1 Å². The van der Waals surface area contributed by atoms with Gasteiger partial charge in [0.15, 0.2) is 11.5 Å². The van der Waals surface area contributed by atoms with Gasteiger partial charge in [0.2, 0.25) is 0 Å². The number of carbonyl (C=O) groups is 1. The van der Waals surface area contributed by atoms with Gasteiger partial charge in [0.25, 0.3) is 0 Å². The normalized spacial score (nSPS) is 9.95. The second-order valence-corrected chi connectivity index (χ2v) is 5.38. The minimum Gasteiger partial charge on any atom is -0.493 e. The molecule has 0 aliphatic rings. The number of rotatable bonds is 5. The van der Waals surface area contributed by atoms with E-state index in [1.165, 1.54) is 0 Å². The predicted molar refractivity (Wildman–Crippen MR) is 89.5 cm³/mol. The quantitative estimate of drug-likeness (QED) is 0.848. The number of carbonyl (C=O) groups excluding carboxylic acids is 1. The van der Waals surface area contributed by atoms with Gasteiger partial charge in [0.1, 0.15) is 0 Å². The van der Waals surface area contributed by atoms with Crippen LogP contribution in [0.5, 0.6) is 11.5 Å². The molecule has 2 aromatic rings. The molecular formula is C16H17BrN2O3. The van der Waals surface area contributed by atoms with Crippen LogP contribution in [0, 0.1) is 0 Å². The van der Waals surface area contributed by atoms with Crippen molar-refractivity contribution in [1.82, 2.24) is 5.32 Å². The van der Waals surface area contributed by atoms with Crippen molar-refractivity contribution in [2.24, 2.45) is 0 Å². The maximum Gasteiger partial charge on any atom is 0.319 e. The van der Waals surface area contributed by atoms with E-state index < -0.39 is 0 Å². The number of hydrogen-bond donors (Lipinski definition) is 2. The Morgan fingerprint density at radius 3 is 2.45 bits per heavy atom. The average Bonchev–Trinajstić information content (AvgIpc) is 2.54. The molecule has 0 saturated carbocycles. The van der Waals surface area contributed by atoms with Crippen molar-refractivity contribution in [2.45, 2.75) is 6.54 Å². The summed E-state index contributed by atoms with van der Waals surface area (Å²) in [7, 11) is 3.15. The number of para-hydroxylation sites is 1. The van der Waals surface area contributed by atoms with E-state index in [1.54, 1.807) is 14.2 Å². The van der Waals surface area contributed by atoms with Gasteiger partial charge in [-0.1, -0.05) is 28.1 Å². The Kier molecular flexibility index (Phi) is 5.66. The molecule has 22 heavy (non-hydrogen) atoms. The predicted octanol–water partition coefficient (Wildman–Crippen LogP) is 3.79. The van der Waals surface area contributed by atoms with Crippen LogP contribution in [0.3, 0.4) is 0 Å². The van der Waals surface area contributed by atoms with Crippen molar-refractivity contribution in [3.8, 4) is 11.5 Å². The highest BCUT2D eigenvalue weighted by molar-refractivity contribution is 9.10. The van der Waals surface area contributed by atoms with E-state index in [2.05, 4.69) is 26.6 Å². The molecule has 2 amide bonds. The maximum absolute atomic E-state index is 11.9. The van der Waals surface area contributed by atoms with Crippen LogP contribution < -0.4 is 20.1 Å². The average molecular weight is 365 g/mol. The molecule has 0 unspecified atom stereocenters. The second-order valence-electron chi connectivity index (χ2n) is 4.47. The second kappa shape index (κ2) is 7.70. The molecule has 0 saturated heterocycles. The number of anilines is 1. The Balaban J connectivity index is 1.98. The first-order chi connectivity index (χ1) is 10.6. The van der Waals surface area contributed by atoms with Crippen LogP contribution in [0.1, 0.15) is 5.56 Å². The van der Waals surface area contributed by atoms with Crippen molar-refractivity contribution < 1.29 is 14.3 Å². The number of benzene rings is 2. The first kappa shape index (κ1) is 16.2. The Morgan fingerprint density at radius 2 is 1.82 bits per heavy atom. The molecular weight excluding hydrogens is 348 g/mol. The van der Waals surface area contributed by atoms with Crippen LogP contribution in [0.4, 0.5) is 10.5 Å². The van der Waals surface area contributed by atoms with Gasteiger partial charge in [-0.3, -0.25) is 0 Å². The Morgan fingerprint density at radius 1 is 1.09 bits per heavy atom. The van der Waals surface area contributed by atoms with Gasteiger partial charge in [-0.2, -0.15) is 0 Å². The van der Waals surface area contributed by atoms with Crippen molar-refractivity contribution in [3.63, 3.8) is 0 Å². The molecule has 2 aromatic carbocycles. The molecule has 0 aromatic heterocycles. The van der Waals surface area contributed by atoms with Crippen LogP contribution >= 0.6 is 15.9 Å². The molecule has 116 valence electrons. The minimum atomic E-state index is -0.285. The van der Waals surface area contributed by atoms with Crippen molar-refractivity contribution >= 4 is 27.6 Å². The first-order valence-electron chi connectivity index (χ1n) is 6.64. The fourth-order valence-corrected chi connectivity index (χ4v) is 2.24. The molecule has 0 spiro atoms. The molecule has 2 N–H and O–H groups in total. The summed E-state index contributed by atoms with van der Waals surface area (Å²) in [4.78, 5) is 11.9. The minimum absolute atomic E-state index is 0.285. The molecule has 5 nitrogen and oxygen atoms in total. The number of urea groups is 1. The Bertz CT molecular complexity index is 644. The van der Waals surface area contributed by atoms with Crippen molar-refractivity contribution in [1.29, 1.82) is 0 Å². The van der Waals surface area contributed by atoms with Gasteiger partial charge in [-0.15, -0.1) is 0 Å². The van der Waals surface area contributed by atoms with Gasteiger partial charge in [0, 0.05) is 22.3 Å².